The first-order chi connectivity index (χ1) is 10.3. The van der Waals surface area contributed by atoms with Gasteiger partial charge in [0.2, 0.25) is 0 Å². The Balaban J connectivity index is 2.21. The van der Waals surface area contributed by atoms with Crippen LogP contribution in [0.5, 0.6) is 0 Å². The highest BCUT2D eigenvalue weighted by atomic mass is 19.4. The number of anilines is 1. The highest BCUT2D eigenvalue weighted by molar-refractivity contribution is 5.67. The highest BCUT2D eigenvalue weighted by Crippen LogP contribution is 2.37. The number of hydrogen-bond acceptors (Lipinski definition) is 3. The quantitative estimate of drug-likeness (QED) is 0.930. The summed E-state index contributed by atoms with van der Waals surface area (Å²) in [6, 6.07) is 5.36. The van der Waals surface area contributed by atoms with Gasteiger partial charge in [0.1, 0.15) is 6.07 Å². The Labute approximate surface area is 125 Å². The third-order valence-electron chi connectivity index (χ3n) is 3.88. The lowest BCUT2D eigenvalue weighted by atomic mass is 9.92. The van der Waals surface area contributed by atoms with Crippen LogP contribution in [0, 0.1) is 17.2 Å². The zero-order valence-corrected chi connectivity index (χ0v) is 11.7. The minimum absolute atomic E-state index is 0.0325. The average Bonchev–Trinajstić information content (AvgIpc) is 2.45. The van der Waals surface area contributed by atoms with Crippen molar-refractivity contribution in [3.63, 3.8) is 0 Å². The molecule has 1 fully saturated rings. The van der Waals surface area contributed by atoms with Gasteiger partial charge in [-0.2, -0.15) is 18.4 Å². The van der Waals surface area contributed by atoms with Crippen LogP contribution >= 0.6 is 0 Å². The third-order valence-corrected chi connectivity index (χ3v) is 3.88. The van der Waals surface area contributed by atoms with Crippen molar-refractivity contribution in [3.05, 3.63) is 29.3 Å². The van der Waals surface area contributed by atoms with Crippen LogP contribution in [0.15, 0.2) is 18.2 Å². The number of aliphatic carboxylic acids is 1. The molecule has 1 aliphatic heterocycles. The molecule has 1 N–H and O–H groups in total. The summed E-state index contributed by atoms with van der Waals surface area (Å²) >= 11 is 0. The first kappa shape index (κ1) is 16.1. The summed E-state index contributed by atoms with van der Waals surface area (Å²) in [4.78, 5) is 12.4. The molecule has 1 aromatic rings. The molecular weight excluding hydrogens is 297 g/mol. The molecular formula is C15H15F3N2O2. The van der Waals surface area contributed by atoms with E-state index in [-0.39, 0.29) is 23.6 Å². The maximum absolute atomic E-state index is 13.0. The molecule has 0 aliphatic carbocycles. The van der Waals surface area contributed by atoms with Crippen LogP contribution in [-0.2, 0) is 11.0 Å². The van der Waals surface area contributed by atoms with Crippen LogP contribution < -0.4 is 4.90 Å². The zero-order chi connectivity index (χ0) is 16.3. The number of alkyl halides is 3. The summed E-state index contributed by atoms with van der Waals surface area (Å²) in [6.07, 6.45) is -3.31. The van der Waals surface area contributed by atoms with Gasteiger partial charge in [-0.05, 0) is 30.9 Å². The van der Waals surface area contributed by atoms with E-state index in [0.29, 0.717) is 25.9 Å². The SMILES string of the molecule is N#Cc1c(N2CCC(CC(=O)O)CC2)cccc1C(F)(F)F. The average molecular weight is 312 g/mol. The molecule has 0 saturated carbocycles. The summed E-state index contributed by atoms with van der Waals surface area (Å²) in [5, 5.41) is 17.9. The largest absolute Gasteiger partial charge is 0.481 e. The topological polar surface area (TPSA) is 64.3 Å². The maximum atomic E-state index is 13.0. The summed E-state index contributed by atoms with van der Waals surface area (Å²) in [7, 11) is 0. The number of carbonyl (C=O) groups is 1. The van der Waals surface area contributed by atoms with Crippen molar-refractivity contribution in [1.29, 1.82) is 5.26 Å². The second-order valence-corrected chi connectivity index (χ2v) is 5.34. The minimum atomic E-state index is -4.57. The number of rotatable bonds is 3. The smallest absolute Gasteiger partial charge is 0.417 e. The second kappa shape index (κ2) is 6.26. The van der Waals surface area contributed by atoms with E-state index in [0.717, 1.165) is 6.07 Å². The lowest BCUT2D eigenvalue weighted by Gasteiger charge is -2.34. The fraction of sp³-hybridized carbons (Fsp3) is 0.467. The first-order valence-corrected chi connectivity index (χ1v) is 6.90. The van der Waals surface area contributed by atoms with Gasteiger partial charge in [-0.25, -0.2) is 0 Å². The monoisotopic (exact) mass is 312 g/mol. The van der Waals surface area contributed by atoms with Crippen LogP contribution in [0.2, 0.25) is 0 Å². The summed E-state index contributed by atoms with van der Waals surface area (Å²) < 4.78 is 38.9. The second-order valence-electron chi connectivity index (χ2n) is 5.34. The Kier molecular flexibility index (Phi) is 4.59. The van der Waals surface area contributed by atoms with Gasteiger partial charge in [0.25, 0.3) is 0 Å². The molecule has 7 heteroatoms. The third kappa shape index (κ3) is 3.50. The minimum Gasteiger partial charge on any atom is -0.481 e. The predicted octanol–water partition coefficient (Wildman–Crippen LogP) is 3.27. The number of benzene rings is 1. The Morgan fingerprint density at radius 1 is 1.36 bits per heavy atom. The molecule has 22 heavy (non-hydrogen) atoms. The van der Waals surface area contributed by atoms with Gasteiger partial charge in [0, 0.05) is 19.5 Å². The molecule has 1 aliphatic rings. The molecule has 1 saturated heterocycles. The van der Waals surface area contributed by atoms with Gasteiger partial charge < -0.3 is 10.0 Å². The Morgan fingerprint density at radius 2 is 2.00 bits per heavy atom. The Morgan fingerprint density at radius 3 is 2.50 bits per heavy atom. The van der Waals surface area contributed by atoms with Crippen molar-refractivity contribution in [2.45, 2.75) is 25.4 Å². The van der Waals surface area contributed by atoms with Crippen molar-refractivity contribution in [3.8, 4) is 6.07 Å². The van der Waals surface area contributed by atoms with Gasteiger partial charge >= 0.3 is 12.1 Å². The number of hydrogen-bond donors (Lipinski definition) is 1. The van der Waals surface area contributed by atoms with Crippen LogP contribution in [-0.4, -0.2) is 24.2 Å². The molecule has 2 rings (SSSR count). The van der Waals surface area contributed by atoms with Crippen LogP contribution in [0.3, 0.4) is 0 Å². The van der Waals surface area contributed by atoms with Crippen molar-refractivity contribution in [2.75, 3.05) is 18.0 Å². The fourth-order valence-electron chi connectivity index (χ4n) is 2.78. The zero-order valence-electron chi connectivity index (χ0n) is 11.7. The molecule has 0 radical (unpaired) electrons. The molecule has 1 aromatic carbocycles. The van der Waals surface area contributed by atoms with E-state index in [9.17, 15) is 18.0 Å². The van der Waals surface area contributed by atoms with Crippen LogP contribution in [0.25, 0.3) is 0 Å². The number of halogens is 3. The number of nitriles is 1. The molecule has 4 nitrogen and oxygen atoms in total. The van der Waals surface area contributed by atoms with E-state index < -0.39 is 17.7 Å². The molecule has 0 amide bonds. The lowest BCUT2D eigenvalue weighted by molar-refractivity contribution is -0.139. The number of nitrogens with zero attached hydrogens (tertiary/aromatic N) is 2. The molecule has 0 bridgehead atoms. The summed E-state index contributed by atoms with van der Waals surface area (Å²) in [6.45, 7) is 0.905. The van der Waals surface area contributed by atoms with Crippen molar-refractivity contribution >= 4 is 11.7 Å². The van der Waals surface area contributed by atoms with Crippen molar-refractivity contribution in [1.82, 2.24) is 0 Å². The van der Waals surface area contributed by atoms with E-state index in [2.05, 4.69) is 0 Å². The maximum Gasteiger partial charge on any atom is 0.417 e. The molecule has 118 valence electrons. The molecule has 1 heterocycles. The summed E-state index contributed by atoms with van der Waals surface area (Å²) in [5.74, 6) is -0.833. The van der Waals surface area contributed by atoms with Crippen molar-refractivity contribution in [2.24, 2.45) is 5.92 Å². The van der Waals surface area contributed by atoms with Gasteiger partial charge in [-0.15, -0.1) is 0 Å². The van der Waals surface area contributed by atoms with Gasteiger partial charge in [-0.3, -0.25) is 4.79 Å². The normalized spacial score (nSPS) is 16.4. The Hall–Kier alpha value is -2.23. The van der Waals surface area contributed by atoms with Crippen molar-refractivity contribution < 1.29 is 23.1 Å². The van der Waals surface area contributed by atoms with E-state index in [1.807, 2.05) is 0 Å². The van der Waals surface area contributed by atoms with Gasteiger partial charge in [0.05, 0.1) is 16.8 Å². The predicted molar refractivity (Wildman–Crippen MR) is 73.3 cm³/mol. The number of carboxylic acids is 1. The van der Waals surface area contributed by atoms with Gasteiger partial charge in [0.15, 0.2) is 0 Å². The Bertz CT molecular complexity index is 600. The molecule has 0 atom stereocenters. The number of carboxylic acid groups (broad SMARTS) is 1. The highest BCUT2D eigenvalue weighted by Gasteiger charge is 2.35. The van der Waals surface area contributed by atoms with E-state index in [4.69, 9.17) is 10.4 Å². The van der Waals surface area contributed by atoms with E-state index >= 15 is 0 Å². The molecule has 0 unspecified atom stereocenters. The van der Waals surface area contributed by atoms with E-state index in [1.54, 1.807) is 11.0 Å². The molecule has 0 aromatic heterocycles. The lowest BCUT2D eigenvalue weighted by Crippen LogP contribution is -2.35. The van der Waals surface area contributed by atoms with Crippen LogP contribution in [0.4, 0.5) is 18.9 Å². The van der Waals surface area contributed by atoms with Gasteiger partial charge in [-0.1, -0.05) is 6.07 Å². The van der Waals surface area contributed by atoms with E-state index in [1.165, 1.54) is 12.1 Å². The fourth-order valence-corrected chi connectivity index (χ4v) is 2.78. The standard InChI is InChI=1S/C15H15F3N2O2/c16-15(17,18)12-2-1-3-13(11(12)9-19)20-6-4-10(5-7-20)8-14(21)22/h1-3,10H,4-8H2,(H,21,22). The van der Waals surface area contributed by atoms with Crippen LogP contribution in [0.1, 0.15) is 30.4 Å². The molecule has 0 spiro atoms. The first-order valence-electron chi connectivity index (χ1n) is 6.90. The number of piperidine rings is 1. The summed E-state index contributed by atoms with van der Waals surface area (Å²) in [5.41, 5.74) is -1.03.